The van der Waals surface area contributed by atoms with E-state index in [1.165, 1.54) is 0 Å². The fourth-order valence-electron chi connectivity index (χ4n) is 1.76. The van der Waals surface area contributed by atoms with Gasteiger partial charge in [-0.15, -0.1) is 0 Å². The van der Waals surface area contributed by atoms with E-state index in [4.69, 9.17) is 0 Å². The second-order valence-corrected chi connectivity index (χ2v) is 5.12. The minimum Gasteiger partial charge on any atom is -0.370 e. The van der Waals surface area contributed by atoms with Gasteiger partial charge in [-0.1, -0.05) is 13.3 Å². The van der Waals surface area contributed by atoms with Gasteiger partial charge in [-0.2, -0.15) is 0 Å². The van der Waals surface area contributed by atoms with Crippen LogP contribution < -0.4 is 10.6 Å². The van der Waals surface area contributed by atoms with E-state index < -0.39 is 0 Å². The van der Waals surface area contributed by atoms with E-state index in [1.807, 2.05) is 14.1 Å². The molecule has 5 nitrogen and oxygen atoms in total. The average Bonchev–Trinajstić information content (AvgIpc) is 2.44. The maximum Gasteiger partial charge on any atom is 0.251 e. The van der Waals surface area contributed by atoms with Crippen molar-refractivity contribution in [1.82, 2.24) is 15.2 Å². The van der Waals surface area contributed by atoms with Crippen LogP contribution in [0.15, 0.2) is 18.3 Å². The molecule has 1 aromatic heterocycles. The first-order chi connectivity index (χ1) is 9.63. The predicted molar refractivity (Wildman–Crippen MR) is 83.1 cm³/mol. The first-order valence-electron chi connectivity index (χ1n) is 7.26. The lowest BCUT2D eigenvalue weighted by Gasteiger charge is -2.10. The fourth-order valence-corrected chi connectivity index (χ4v) is 1.76. The molecule has 0 aliphatic carbocycles. The number of amides is 1. The minimum absolute atomic E-state index is 0.0373. The van der Waals surface area contributed by atoms with Gasteiger partial charge in [-0.25, -0.2) is 4.98 Å². The third kappa shape index (κ3) is 6.52. The van der Waals surface area contributed by atoms with E-state index in [-0.39, 0.29) is 5.91 Å². The number of hydrogen-bond donors (Lipinski definition) is 2. The summed E-state index contributed by atoms with van der Waals surface area (Å²) in [6.07, 6.45) is 4.86. The van der Waals surface area contributed by atoms with Crippen molar-refractivity contribution in [2.45, 2.75) is 26.2 Å². The Morgan fingerprint density at radius 3 is 2.80 bits per heavy atom. The van der Waals surface area contributed by atoms with Crippen LogP contribution in [0, 0.1) is 0 Å². The summed E-state index contributed by atoms with van der Waals surface area (Å²) < 4.78 is 0. The molecule has 1 amide bonds. The number of anilines is 1. The summed E-state index contributed by atoms with van der Waals surface area (Å²) in [6.45, 7) is 4.70. The molecule has 20 heavy (non-hydrogen) atoms. The smallest absolute Gasteiger partial charge is 0.251 e. The van der Waals surface area contributed by atoms with Gasteiger partial charge in [0, 0.05) is 24.8 Å². The highest BCUT2D eigenvalue weighted by molar-refractivity contribution is 5.94. The molecular weight excluding hydrogens is 252 g/mol. The Bertz CT molecular complexity index is 407. The van der Waals surface area contributed by atoms with Crippen LogP contribution >= 0.6 is 0 Å². The van der Waals surface area contributed by atoms with Crippen LogP contribution in [-0.2, 0) is 0 Å². The van der Waals surface area contributed by atoms with Gasteiger partial charge in [0.05, 0.1) is 0 Å². The van der Waals surface area contributed by atoms with Crippen LogP contribution in [0.1, 0.15) is 36.5 Å². The Hall–Kier alpha value is -1.62. The Kier molecular flexibility index (Phi) is 7.65. The van der Waals surface area contributed by atoms with E-state index in [2.05, 4.69) is 27.4 Å². The molecule has 1 aromatic rings. The Morgan fingerprint density at radius 2 is 2.10 bits per heavy atom. The molecule has 0 fully saturated rings. The molecule has 112 valence electrons. The maximum atomic E-state index is 12.0. The highest BCUT2D eigenvalue weighted by Crippen LogP contribution is 2.07. The highest BCUT2D eigenvalue weighted by atomic mass is 16.1. The van der Waals surface area contributed by atoms with Gasteiger partial charge in [-0.05, 0) is 45.6 Å². The predicted octanol–water partition coefficient (Wildman–Crippen LogP) is 1.98. The first-order valence-corrected chi connectivity index (χ1v) is 7.26. The van der Waals surface area contributed by atoms with Crippen LogP contribution in [0.5, 0.6) is 0 Å². The maximum absolute atomic E-state index is 12.0. The summed E-state index contributed by atoms with van der Waals surface area (Å²) in [5.74, 6) is 0.726. The van der Waals surface area contributed by atoms with Crippen LogP contribution in [0.25, 0.3) is 0 Å². The van der Waals surface area contributed by atoms with E-state index in [1.54, 1.807) is 18.3 Å². The quantitative estimate of drug-likeness (QED) is 0.678. The van der Waals surface area contributed by atoms with Crippen molar-refractivity contribution >= 4 is 11.7 Å². The molecular formula is C15H26N4O. The molecule has 5 heteroatoms. The summed E-state index contributed by atoms with van der Waals surface area (Å²) >= 11 is 0. The standard InChI is InChI=1S/C15H26N4O/c1-4-5-8-16-14-12-13(7-10-17-14)15(20)18-9-6-11-19(2)3/h7,10,12H,4-6,8-9,11H2,1-3H3,(H,16,17)(H,18,20). The van der Waals surface area contributed by atoms with E-state index >= 15 is 0 Å². The molecule has 0 aromatic carbocycles. The molecule has 0 spiro atoms. The van der Waals surface area contributed by atoms with Gasteiger partial charge >= 0.3 is 0 Å². The van der Waals surface area contributed by atoms with Crippen LogP contribution in [0.4, 0.5) is 5.82 Å². The van der Waals surface area contributed by atoms with Gasteiger partial charge in [0.1, 0.15) is 5.82 Å². The number of nitrogens with zero attached hydrogens (tertiary/aromatic N) is 2. The topological polar surface area (TPSA) is 57.3 Å². The molecule has 0 bridgehead atoms. The molecule has 0 saturated carbocycles. The molecule has 0 aliphatic rings. The normalized spacial score (nSPS) is 10.6. The lowest BCUT2D eigenvalue weighted by Crippen LogP contribution is -2.27. The fraction of sp³-hybridized carbons (Fsp3) is 0.600. The molecule has 0 saturated heterocycles. The Balaban J connectivity index is 2.41. The molecule has 0 aliphatic heterocycles. The Morgan fingerprint density at radius 1 is 1.30 bits per heavy atom. The van der Waals surface area contributed by atoms with Crippen molar-refractivity contribution in [1.29, 1.82) is 0 Å². The first kappa shape index (κ1) is 16.4. The van der Waals surface area contributed by atoms with Crippen molar-refractivity contribution in [3.05, 3.63) is 23.9 Å². The summed E-state index contributed by atoms with van der Waals surface area (Å²) in [7, 11) is 4.05. The third-order valence-corrected chi connectivity index (χ3v) is 2.93. The van der Waals surface area contributed by atoms with Gasteiger partial charge in [0.15, 0.2) is 0 Å². The van der Waals surface area contributed by atoms with Gasteiger partial charge in [-0.3, -0.25) is 4.79 Å². The zero-order valence-electron chi connectivity index (χ0n) is 12.8. The van der Waals surface area contributed by atoms with Crippen LogP contribution in [0.3, 0.4) is 0 Å². The van der Waals surface area contributed by atoms with Crippen molar-refractivity contribution < 1.29 is 4.79 Å². The summed E-state index contributed by atoms with van der Waals surface area (Å²) in [6, 6.07) is 3.54. The van der Waals surface area contributed by atoms with Crippen molar-refractivity contribution in [3.8, 4) is 0 Å². The lowest BCUT2D eigenvalue weighted by atomic mass is 10.2. The second kappa shape index (κ2) is 9.31. The van der Waals surface area contributed by atoms with Gasteiger partial charge < -0.3 is 15.5 Å². The third-order valence-electron chi connectivity index (χ3n) is 2.93. The van der Waals surface area contributed by atoms with Crippen molar-refractivity contribution in [2.24, 2.45) is 0 Å². The molecule has 0 atom stereocenters. The number of hydrogen-bond acceptors (Lipinski definition) is 4. The van der Waals surface area contributed by atoms with E-state index in [9.17, 15) is 4.79 Å². The van der Waals surface area contributed by atoms with Gasteiger partial charge in [0.2, 0.25) is 0 Å². The zero-order chi connectivity index (χ0) is 14.8. The number of unbranched alkanes of at least 4 members (excludes halogenated alkanes) is 1. The minimum atomic E-state index is -0.0373. The number of rotatable bonds is 9. The molecule has 2 N–H and O–H groups in total. The van der Waals surface area contributed by atoms with E-state index in [0.717, 1.165) is 38.2 Å². The largest absolute Gasteiger partial charge is 0.370 e. The number of carbonyl (C=O) groups is 1. The molecule has 1 rings (SSSR count). The second-order valence-electron chi connectivity index (χ2n) is 5.12. The lowest BCUT2D eigenvalue weighted by molar-refractivity contribution is 0.0952. The number of carbonyl (C=O) groups excluding carboxylic acids is 1. The summed E-state index contributed by atoms with van der Waals surface area (Å²) in [5.41, 5.74) is 0.656. The summed E-state index contributed by atoms with van der Waals surface area (Å²) in [4.78, 5) is 18.3. The number of aromatic nitrogens is 1. The van der Waals surface area contributed by atoms with Crippen molar-refractivity contribution in [2.75, 3.05) is 39.0 Å². The number of nitrogens with one attached hydrogen (secondary N) is 2. The monoisotopic (exact) mass is 278 g/mol. The molecule has 1 heterocycles. The molecule has 0 unspecified atom stereocenters. The number of pyridine rings is 1. The summed E-state index contributed by atoms with van der Waals surface area (Å²) in [5, 5.41) is 6.15. The molecule has 0 radical (unpaired) electrons. The van der Waals surface area contributed by atoms with Crippen LogP contribution in [-0.4, -0.2) is 49.5 Å². The average molecular weight is 278 g/mol. The Labute approximate surface area is 121 Å². The van der Waals surface area contributed by atoms with Crippen molar-refractivity contribution in [3.63, 3.8) is 0 Å². The van der Waals surface area contributed by atoms with E-state index in [0.29, 0.717) is 12.1 Å². The highest BCUT2D eigenvalue weighted by Gasteiger charge is 2.06. The SMILES string of the molecule is CCCCNc1cc(C(=O)NCCCN(C)C)ccn1. The van der Waals surface area contributed by atoms with Gasteiger partial charge in [0.25, 0.3) is 5.91 Å². The van der Waals surface area contributed by atoms with Crippen LogP contribution in [0.2, 0.25) is 0 Å². The zero-order valence-corrected chi connectivity index (χ0v) is 12.8.